The third-order valence-corrected chi connectivity index (χ3v) is 5.12. The highest BCUT2D eigenvalue weighted by molar-refractivity contribution is 5.78. The van der Waals surface area contributed by atoms with E-state index >= 15 is 0 Å². The van der Waals surface area contributed by atoms with Crippen molar-refractivity contribution in [2.24, 2.45) is 17.8 Å². The molecule has 2 N–H and O–H groups in total. The fourth-order valence-electron chi connectivity index (χ4n) is 4.11. The number of amides is 2. The number of nitrogens with zero attached hydrogens (tertiary/aromatic N) is 1. The van der Waals surface area contributed by atoms with Gasteiger partial charge in [0.2, 0.25) is 0 Å². The van der Waals surface area contributed by atoms with Gasteiger partial charge in [-0.05, 0) is 38.0 Å². The van der Waals surface area contributed by atoms with E-state index in [1.165, 1.54) is 0 Å². The first-order valence-corrected chi connectivity index (χ1v) is 7.45. The Hall–Kier alpha value is -1.30. The molecule has 3 aliphatic rings. The normalized spacial score (nSPS) is 39.9. The number of carboxylic acids is 1. The predicted molar refractivity (Wildman–Crippen MR) is 71.3 cm³/mol. The molecule has 1 heterocycles. The summed E-state index contributed by atoms with van der Waals surface area (Å²) in [5, 5.41) is 12.4. The maximum Gasteiger partial charge on any atom is 0.318 e. The molecule has 1 saturated heterocycles. The van der Waals surface area contributed by atoms with Crippen molar-refractivity contribution in [1.82, 2.24) is 10.2 Å². The maximum absolute atomic E-state index is 12.4. The highest BCUT2D eigenvalue weighted by Crippen LogP contribution is 2.48. The van der Waals surface area contributed by atoms with Crippen LogP contribution in [0, 0.1) is 17.8 Å². The molecule has 2 bridgehead atoms. The fraction of sp³-hybridized carbons (Fsp3) is 0.857. The molecular weight excluding hydrogens is 260 g/mol. The predicted octanol–water partition coefficient (Wildman–Crippen LogP) is 0.916. The first kappa shape index (κ1) is 13.7. The number of carbonyl (C=O) groups is 2. The molecule has 2 saturated carbocycles. The number of nitrogens with one attached hydrogen (secondary N) is 1. The van der Waals surface area contributed by atoms with E-state index in [2.05, 4.69) is 5.32 Å². The van der Waals surface area contributed by atoms with Gasteiger partial charge in [0.15, 0.2) is 0 Å². The average Bonchev–Trinajstić information content (AvgIpc) is 2.99. The van der Waals surface area contributed by atoms with Crippen LogP contribution in [0.25, 0.3) is 0 Å². The number of hydrogen-bond donors (Lipinski definition) is 2. The molecule has 5 unspecified atom stereocenters. The van der Waals surface area contributed by atoms with Gasteiger partial charge in [0, 0.05) is 12.6 Å². The summed E-state index contributed by atoms with van der Waals surface area (Å²) in [5.74, 6) is -0.599. The van der Waals surface area contributed by atoms with E-state index in [0.29, 0.717) is 25.7 Å². The zero-order valence-electron chi connectivity index (χ0n) is 11.7. The molecule has 5 atom stereocenters. The van der Waals surface area contributed by atoms with Gasteiger partial charge < -0.3 is 20.1 Å². The first-order valence-electron chi connectivity index (χ1n) is 7.45. The average molecular weight is 282 g/mol. The van der Waals surface area contributed by atoms with Crippen LogP contribution in [-0.4, -0.2) is 53.8 Å². The summed E-state index contributed by atoms with van der Waals surface area (Å²) < 4.78 is 5.33. The number of fused-ring (bicyclic) bond motifs is 2. The van der Waals surface area contributed by atoms with E-state index in [4.69, 9.17) is 4.74 Å². The Morgan fingerprint density at radius 3 is 2.75 bits per heavy atom. The molecule has 1 aliphatic heterocycles. The second-order valence-corrected chi connectivity index (χ2v) is 6.29. The van der Waals surface area contributed by atoms with Crippen molar-refractivity contribution in [3.63, 3.8) is 0 Å². The summed E-state index contributed by atoms with van der Waals surface area (Å²) in [4.78, 5) is 25.6. The summed E-state index contributed by atoms with van der Waals surface area (Å²) in [6, 6.07) is -0.288. The summed E-state index contributed by atoms with van der Waals surface area (Å²) in [6.07, 6.45) is 2.97. The van der Waals surface area contributed by atoms with Crippen LogP contribution < -0.4 is 5.32 Å². The van der Waals surface area contributed by atoms with Crippen molar-refractivity contribution >= 4 is 12.0 Å². The van der Waals surface area contributed by atoms with Crippen LogP contribution in [0.5, 0.6) is 0 Å². The summed E-state index contributed by atoms with van der Waals surface area (Å²) in [5.41, 5.74) is 0. The van der Waals surface area contributed by atoms with Gasteiger partial charge in [-0.3, -0.25) is 4.79 Å². The van der Waals surface area contributed by atoms with Crippen LogP contribution in [0.3, 0.4) is 0 Å². The second-order valence-electron chi connectivity index (χ2n) is 6.29. The van der Waals surface area contributed by atoms with Crippen molar-refractivity contribution in [3.05, 3.63) is 0 Å². The van der Waals surface area contributed by atoms with Gasteiger partial charge in [0.05, 0.1) is 25.2 Å². The third-order valence-electron chi connectivity index (χ3n) is 5.12. The lowest BCUT2D eigenvalue weighted by atomic mass is 9.84. The molecule has 6 nitrogen and oxygen atoms in total. The summed E-state index contributed by atoms with van der Waals surface area (Å²) in [6.45, 7) is 3.63. The fourth-order valence-corrected chi connectivity index (χ4v) is 4.11. The van der Waals surface area contributed by atoms with E-state index in [9.17, 15) is 14.7 Å². The molecule has 3 rings (SSSR count). The van der Waals surface area contributed by atoms with Gasteiger partial charge in [-0.15, -0.1) is 0 Å². The highest BCUT2D eigenvalue weighted by Gasteiger charge is 2.51. The lowest BCUT2D eigenvalue weighted by molar-refractivity contribution is -0.144. The first-order chi connectivity index (χ1) is 9.58. The number of morpholine rings is 1. The van der Waals surface area contributed by atoms with Gasteiger partial charge in [-0.1, -0.05) is 0 Å². The van der Waals surface area contributed by atoms with Gasteiger partial charge in [0.25, 0.3) is 0 Å². The Bertz CT molecular complexity index is 414. The Balaban J connectivity index is 1.67. The van der Waals surface area contributed by atoms with Crippen molar-refractivity contribution in [2.45, 2.75) is 38.3 Å². The highest BCUT2D eigenvalue weighted by atomic mass is 16.5. The van der Waals surface area contributed by atoms with Gasteiger partial charge >= 0.3 is 12.0 Å². The van der Waals surface area contributed by atoms with E-state index in [0.717, 1.165) is 19.3 Å². The van der Waals surface area contributed by atoms with Crippen molar-refractivity contribution in [2.75, 3.05) is 19.8 Å². The third kappa shape index (κ3) is 2.26. The standard InChI is InChI=1S/C14H22N2O4/c1-8-7-20-5-4-16(8)14(19)15-12-10-3-2-9(6-10)11(12)13(17)18/h8-12H,2-7H2,1H3,(H,15,19)(H,17,18). The number of carboxylic acid groups (broad SMARTS) is 1. The lowest BCUT2D eigenvalue weighted by Gasteiger charge is -2.36. The summed E-state index contributed by atoms with van der Waals surface area (Å²) >= 11 is 0. The van der Waals surface area contributed by atoms with Crippen LogP contribution in [0.2, 0.25) is 0 Å². The zero-order valence-corrected chi connectivity index (χ0v) is 11.7. The van der Waals surface area contributed by atoms with Gasteiger partial charge in [-0.2, -0.15) is 0 Å². The Labute approximate surface area is 118 Å². The molecule has 0 aromatic rings. The monoisotopic (exact) mass is 282 g/mol. The molecule has 0 spiro atoms. The Morgan fingerprint density at radius 1 is 1.30 bits per heavy atom. The second kappa shape index (κ2) is 5.24. The van der Waals surface area contributed by atoms with Crippen LogP contribution in [-0.2, 0) is 9.53 Å². The minimum Gasteiger partial charge on any atom is -0.481 e. The molecule has 0 aromatic heterocycles. The largest absolute Gasteiger partial charge is 0.481 e. The van der Waals surface area contributed by atoms with Crippen LogP contribution in [0.1, 0.15) is 26.2 Å². The van der Waals surface area contributed by atoms with E-state index in [-0.39, 0.29) is 24.0 Å². The van der Waals surface area contributed by atoms with Crippen LogP contribution in [0.15, 0.2) is 0 Å². The van der Waals surface area contributed by atoms with Crippen molar-refractivity contribution in [3.8, 4) is 0 Å². The Kier molecular flexibility index (Phi) is 3.58. The SMILES string of the molecule is CC1COCCN1C(=O)NC1C2CCC(C2)C1C(=O)O. The summed E-state index contributed by atoms with van der Waals surface area (Å²) in [7, 11) is 0. The molecule has 3 fully saturated rings. The molecular formula is C14H22N2O4. The van der Waals surface area contributed by atoms with E-state index in [1.807, 2.05) is 6.92 Å². The topological polar surface area (TPSA) is 78.9 Å². The number of carbonyl (C=O) groups excluding carboxylic acids is 1. The smallest absolute Gasteiger partial charge is 0.318 e. The van der Waals surface area contributed by atoms with Crippen molar-refractivity contribution < 1.29 is 19.4 Å². The maximum atomic E-state index is 12.4. The number of urea groups is 1. The Morgan fingerprint density at radius 2 is 2.05 bits per heavy atom. The van der Waals surface area contributed by atoms with Crippen LogP contribution in [0.4, 0.5) is 4.79 Å². The van der Waals surface area contributed by atoms with Gasteiger partial charge in [-0.25, -0.2) is 4.79 Å². The molecule has 0 aromatic carbocycles. The molecule has 0 radical (unpaired) electrons. The van der Waals surface area contributed by atoms with E-state index < -0.39 is 11.9 Å². The lowest BCUT2D eigenvalue weighted by Crippen LogP contribution is -2.56. The number of aliphatic carboxylic acids is 1. The number of hydrogen-bond acceptors (Lipinski definition) is 3. The minimum atomic E-state index is -0.766. The number of ether oxygens (including phenoxy) is 1. The molecule has 2 amide bonds. The molecule has 20 heavy (non-hydrogen) atoms. The molecule has 112 valence electrons. The quantitative estimate of drug-likeness (QED) is 0.789. The molecule has 6 heteroatoms. The molecule has 2 aliphatic carbocycles. The zero-order chi connectivity index (χ0) is 14.3. The van der Waals surface area contributed by atoms with E-state index in [1.54, 1.807) is 4.90 Å². The van der Waals surface area contributed by atoms with Crippen LogP contribution >= 0.6 is 0 Å². The minimum absolute atomic E-state index is 0.0469. The number of rotatable bonds is 2. The van der Waals surface area contributed by atoms with Crippen molar-refractivity contribution in [1.29, 1.82) is 0 Å². The van der Waals surface area contributed by atoms with Gasteiger partial charge in [0.1, 0.15) is 0 Å².